The Balaban J connectivity index is 1.55. The highest BCUT2D eigenvalue weighted by molar-refractivity contribution is 7.89. The van der Waals surface area contributed by atoms with Crippen LogP contribution >= 0.6 is 0 Å². The number of likely N-dealkylation sites (tertiary alicyclic amines) is 1. The van der Waals surface area contributed by atoms with Crippen LogP contribution in [-0.2, 0) is 34.1 Å². The lowest BCUT2D eigenvalue weighted by molar-refractivity contribution is -0.139. The predicted molar refractivity (Wildman–Crippen MR) is 119 cm³/mol. The molecule has 0 bridgehead atoms. The number of halogens is 3. The van der Waals surface area contributed by atoms with Crippen LogP contribution in [0.5, 0.6) is 0 Å². The lowest BCUT2D eigenvalue weighted by Crippen LogP contribution is -2.44. The van der Waals surface area contributed by atoms with Gasteiger partial charge in [0, 0.05) is 13.1 Å². The number of alkyl halides is 3. The highest BCUT2D eigenvalue weighted by atomic mass is 32.2. The molecule has 0 saturated carbocycles. The zero-order chi connectivity index (χ0) is 24.1. The van der Waals surface area contributed by atoms with Gasteiger partial charge in [0.2, 0.25) is 15.9 Å². The van der Waals surface area contributed by atoms with Gasteiger partial charge in [0.05, 0.1) is 16.5 Å². The second-order valence-corrected chi connectivity index (χ2v) is 9.89. The Kier molecular flexibility index (Phi) is 8.14. The van der Waals surface area contributed by atoms with Gasteiger partial charge in [0.15, 0.2) is 0 Å². The monoisotopic (exact) mass is 483 g/mol. The van der Waals surface area contributed by atoms with Crippen molar-refractivity contribution in [1.29, 1.82) is 0 Å². The molecule has 33 heavy (non-hydrogen) atoms. The molecule has 0 unspecified atom stereocenters. The van der Waals surface area contributed by atoms with E-state index in [1.807, 2.05) is 29.0 Å². The van der Waals surface area contributed by atoms with Crippen LogP contribution in [0.2, 0.25) is 0 Å². The molecule has 1 fully saturated rings. The molecule has 2 N–H and O–H groups in total. The molecule has 6 nitrogen and oxygen atoms in total. The summed E-state index contributed by atoms with van der Waals surface area (Å²) in [4.78, 5) is 13.9. The number of rotatable bonds is 8. The molecule has 1 atom stereocenters. The summed E-state index contributed by atoms with van der Waals surface area (Å²) in [5.41, 5.74) is 0.731. The molecule has 0 aliphatic carbocycles. The minimum Gasteiger partial charge on any atom is -0.351 e. The van der Waals surface area contributed by atoms with E-state index in [0.717, 1.165) is 37.3 Å². The molecule has 10 heteroatoms. The Morgan fingerprint density at radius 2 is 1.61 bits per heavy atom. The summed E-state index contributed by atoms with van der Waals surface area (Å²) in [5.74, 6) is -0.638. The molecule has 1 aliphatic rings. The third-order valence-electron chi connectivity index (χ3n) is 5.55. The Morgan fingerprint density at radius 3 is 2.24 bits per heavy atom. The van der Waals surface area contributed by atoms with Crippen molar-refractivity contribution in [3.05, 3.63) is 65.2 Å². The summed E-state index contributed by atoms with van der Waals surface area (Å²) in [6.45, 7) is 4.53. The van der Waals surface area contributed by atoms with Crippen LogP contribution in [0.1, 0.15) is 42.9 Å². The highest BCUT2D eigenvalue weighted by Crippen LogP contribution is 2.33. The number of benzene rings is 2. The van der Waals surface area contributed by atoms with E-state index in [2.05, 4.69) is 10.2 Å². The maximum Gasteiger partial charge on any atom is 0.417 e. The summed E-state index contributed by atoms with van der Waals surface area (Å²) in [6, 6.07) is 10.4. The third kappa shape index (κ3) is 7.02. The van der Waals surface area contributed by atoms with E-state index >= 15 is 0 Å². The third-order valence-corrected chi connectivity index (χ3v) is 7.15. The van der Waals surface area contributed by atoms with E-state index < -0.39 is 38.6 Å². The molecule has 0 aromatic heterocycles. The summed E-state index contributed by atoms with van der Waals surface area (Å²) in [7, 11) is -4.56. The molecular formula is C23H28F3N3O3S. The molecule has 3 rings (SSSR count). The molecular weight excluding hydrogens is 455 g/mol. The number of piperidine rings is 1. The van der Waals surface area contributed by atoms with Crippen molar-refractivity contribution in [1.82, 2.24) is 14.9 Å². The molecule has 180 valence electrons. The normalized spacial score (nSPS) is 16.4. The van der Waals surface area contributed by atoms with Crippen molar-refractivity contribution >= 4 is 15.9 Å². The number of sulfonamides is 1. The Bertz CT molecular complexity index is 1050. The largest absolute Gasteiger partial charge is 0.417 e. The lowest BCUT2D eigenvalue weighted by Gasteiger charge is -2.26. The van der Waals surface area contributed by atoms with Crippen LogP contribution in [0.3, 0.4) is 0 Å². The predicted octanol–water partition coefficient (Wildman–Crippen LogP) is 3.67. The first kappa shape index (κ1) is 25.2. The van der Waals surface area contributed by atoms with Crippen molar-refractivity contribution in [2.45, 2.75) is 56.4 Å². The maximum atomic E-state index is 13.2. The topological polar surface area (TPSA) is 78.5 Å². The SMILES string of the molecule is C[C@H](NS(=O)(=O)c1ccccc1C(F)(F)F)C(=O)NCc1ccc(CN2CCCCC2)cc1. The fraction of sp³-hybridized carbons (Fsp3) is 0.435. The highest BCUT2D eigenvalue weighted by Gasteiger charge is 2.37. The average Bonchev–Trinajstić information content (AvgIpc) is 2.78. The minimum absolute atomic E-state index is 0.175. The fourth-order valence-corrected chi connectivity index (χ4v) is 5.20. The number of hydrogen-bond acceptors (Lipinski definition) is 4. The Morgan fingerprint density at radius 1 is 1.00 bits per heavy atom. The van der Waals surface area contributed by atoms with Gasteiger partial charge in [-0.05, 0) is 56.1 Å². The second kappa shape index (κ2) is 10.7. The molecule has 1 heterocycles. The summed E-state index contributed by atoms with van der Waals surface area (Å²) >= 11 is 0. The van der Waals surface area contributed by atoms with Crippen LogP contribution in [-0.4, -0.2) is 38.4 Å². The van der Waals surface area contributed by atoms with Gasteiger partial charge in [0.25, 0.3) is 0 Å². The zero-order valence-electron chi connectivity index (χ0n) is 18.4. The Hall–Kier alpha value is -2.43. The van der Waals surface area contributed by atoms with Crippen molar-refractivity contribution in [3.63, 3.8) is 0 Å². The molecule has 1 aliphatic heterocycles. The van der Waals surface area contributed by atoms with Crippen molar-refractivity contribution in [3.8, 4) is 0 Å². The molecule has 0 spiro atoms. The maximum absolute atomic E-state index is 13.2. The first-order chi connectivity index (χ1) is 15.6. The number of hydrogen-bond donors (Lipinski definition) is 2. The smallest absolute Gasteiger partial charge is 0.351 e. The second-order valence-electron chi connectivity index (χ2n) is 8.21. The summed E-state index contributed by atoms with van der Waals surface area (Å²) in [6.07, 6.45) is -1.13. The fourth-order valence-electron chi connectivity index (χ4n) is 3.77. The summed E-state index contributed by atoms with van der Waals surface area (Å²) < 4.78 is 66.5. The molecule has 2 aromatic carbocycles. The van der Waals surface area contributed by atoms with Gasteiger partial charge in [-0.2, -0.15) is 17.9 Å². The van der Waals surface area contributed by atoms with Crippen molar-refractivity contribution in [2.24, 2.45) is 0 Å². The van der Waals surface area contributed by atoms with E-state index in [1.54, 1.807) is 0 Å². The van der Waals surface area contributed by atoms with Gasteiger partial charge in [-0.15, -0.1) is 0 Å². The standard InChI is InChI=1S/C23H28F3N3O3S/c1-17(28-33(31,32)21-8-4-3-7-20(21)23(24,25)26)22(30)27-15-18-9-11-19(12-10-18)16-29-13-5-2-6-14-29/h3-4,7-12,17,28H,2,5-6,13-16H2,1H3,(H,27,30)/t17-/m0/s1. The van der Waals surface area contributed by atoms with Gasteiger partial charge >= 0.3 is 6.18 Å². The van der Waals surface area contributed by atoms with Gasteiger partial charge in [0.1, 0.15) is 0 Å². The van der Waals surface area contributed by atoms with Gasteiger partial charge < -0.3 is 5.32 Å². The first-order valence-electron chi connectivity index (χ1n) is 10.8. The summed E-state index contributed by atoms with van der Waals surface area (Å²) in [5, 5.41) is 2.62. The molecule has 1 amide bonds. The minimum atomic E-state index is -4.84. The molecule has 1 saturated heterocycles. The van der Waals surface area contributed by atoms with Crippen LogP contribution < -0.4 is 10.0 Å². The Labute approximate surface area is 192 Å². The van der Waals surface area contributed by atoms with Crippen molar-refractivity contribution < 1.29 is 26.4 Å². The van der Waals surface area contributed by atoms with Crippen molar-refractivity contribution in [2.75, 3.05) is 13.1 Å². The van der Waals surface area contributed by atoms with Crippen LogP contribution in [0.4, 0.5) is 13.2 Å². The van der Waals surface area contributed by atoms with E-state index in [0.29, 0.717) is 6.07 Å². The number of nitrogens with one attached hydrogen (secondary N) is 2. The number of carbonyl (C=O) groups is 1. The first-order valence-corrected chi connectivity index (χ1v) is 12.3. The van der Waals surface area contributed by atoms with E-state index in [1.165, 1.54) is 37.8 Å². The number of nitrogens with zero attached hydrogens (tertiary/aromatic N) is 1. The molecule has 2 aromatic rings. The van der Waals surface area contributed by atoms with Gasteiger partial charge in [-0.1, -0.05) is 42.8 Å². The van der Waals surface area contributed by atoms with Gasteiger partial charge in [-0.3, -0.25) is 9.69 Å². The van der Waals surface area contributed by atoms with Crippen LogP contribution in [0.25, 0.3) is 0 Å². The lowest BCUT2D eigenvalue weighted by atomic mass is 10.1. The van der Waals surface area contributed by atoms with E-state index in [4.69, 9.17) is 0 Å². The number of carbonyl (C=O) groups excluding carboxylic acids is 1. The zero-order valence-corrected chi connectivity index (χ0v) is 19.2. The number of amides is 1. The van der Waals surface area contributed by atoms with Crippen LogP contribution in [0, 0.1) is 0 Å². The quantitative estimate of drug-likeness (QED) is 0.601. The van der Waals surface area contributed by atoms with Crippen LogP contribution in [0.15, 0.2) is 53.4 Å². The van der Waals surface area contributed by atoms with Gasteiger partial charge in [-0.25, -0.2) is 8.42 Å². The van der Waals surface area contributed by atoms with E-state index in [-0.39, 0.29) is 6.54 Å². The average molecular weight is 484 g/mol. The van der Waals surface area contributed by atoms with E-state index in [9.17, 15) is 26.4 Å². The molecule has 0 radical (unpaired) electrons.